The Morgan fingerprint density at radius 1 is 1.00 bits per heavy atom. The molecule has 19 heavy (non-hydrogen) atoms. The number of aliphatic hydroxyl groups is 3. The van der Waals surface area contributed by atoms with Crippen molar-refractivity contribution in [2.75, 3.05) is 39.6 Å². The zero-order valence-corrected chi connectivity index (χ0v) is 12.7. The predicted octanol–water partition coefficient (Wildman–Crippen LogP) is 0.808. The first-order valence-corrected chi connectivity index (χ1v) is 6.84. The lowest BCUT2D eigenvalue weighted by Gasteiger charge is -2.29. The minimum Gasteiger partial charge on any atom is -0.396 e. The molecular weight excluding hydrogens is 248 g/mol. The first kappa shape index (κ1) is 18.8. The Morgan fingerprint density at radius 3 is 2.05 bits per heavy atom. The summed E-state index contributed by atoms with van der Waals surface area (Å²) in [6, 6.07) is 0. The van der Waals surface area contributed by atoms with E-state index in [1.807, 2.05) is 27.7 Å². The second-order valence-electron chi connectivity index (χ2n) is 6.33. The second-order valence-corrected chi connectivity index (χ2v) is 6.33. The highest BCUT2D eigenvalue weighted by atomic mass is 16.5. The van der Waals surface area contributed by atoms with Crippen molar-refractivity contribution in [3.8, 4) is 0 Å². The lowest BCUT2D eigenvalue weighted by Crippen LogP contribution is -2.32. The lowest BCUT2D eigenvalue weighted by molar-refractivity contribution is -0.0586. The van der Waals surface area contributed by atoms with Crippen LogP contribution in [-0.2, 0) is 9.47 Å². The molecule has 2 unspecified atom stereocenters. The molecule has 0 saturated carbocycles. The minimum atomic E-state index is -0.825. The first-order chi connectivity index (χ1) is 8.78. The maximum atomic E-state index is 9.29. The number of hydrogen-bond donors (Lipinski definition) is 3. The highest BCUT2D eigenvalue weighted by Crippen LogP contribution is 2.23. The Balaban J connectivity index is 3.90. The topological polar surface area (TPSA) is 79.2 Å². The quantitative estimate of drug-likeness (QED) is 0.521. The van der Waals surface area contributed by atoms with Crippen LogP contribution in [0.5, 0.6) is 0 Å². The van der Waals surface area contributed by atoms with Gasteiger partial charge in [-0.2, -0.15) is 0 Å². The Bertz CT molecular complexity index is 226. The normalized spacial score (nSPS) is 17.2. The predicted molar refractivity (Wildman–Crippen MR) is 74.0 cm³/mol. The molecule has 0 amide bonds. The molecule has 0 rings (SSSR count). The van der Waals surface area contributed by atoms with E-state index in [0.29, 0.717) is 19.8 Å². The van der Waals surface area contributed by atoms with E-state index >= 15 is 0 Å². The molecule has 0 spiro atoms. The molecule has 0 aliphatic heterocycles. The van der Waals surface area contributed by atoms with Gasteiger partial charge in [0.25, 0.3) is 0 Å². The van der Waals surface area contributed by atoms with Crippen LogP contribution in [0, 0.1) is 10.8 Å². The summed E-state index contributed by atoms with van der Waals surface area (Å²) in [4.78, 5) is 0. The molecule has 0 aromatic heterocycles. The van der Waals surface area contributed by atoms with Gasteiger partial charge in [0.2, 0.25) is 0 Å². The van der Waals surface area contributed by atoms with Crippen LogP contribution in [-0.4, -0.2) is 61.1 Å². The van der Waals surface area contributed by atoms with Crippen molar-refractivity contribution in [1.82, 2.24) is 0 Å². The first-order valence-electron chi connectivity index (χ1n) is 6.84. The van der Waals surface area contributed by atoms with Crippen LogP contribution < -0.4 is 0 Å². The van der Waals surface area contributed by atoms with E-state index in [9.17, 15) is 5.11 Å². The SMILES string of the molecule is CCC(C)(CO)COCC(C)(C)COCC(O)CO. The molecule has 0 bridgehead atoms. The summed E-state index contributed by atoms with van der Waals surface area (Å²) in [6.07, 6.45) is 0.0397. The van der Waals surface area contributed by atoms with E-state index in [-0.39, 0.29) is 30.7 Å². The van der Waals surface area contributed by atoms with Crippen LogP contribution in [0.3, 0.4) is 0 Å². The lowest BCUT2D eigenvalue weighted by atomic mass is 9.89. The van der Waals surface area contributed by atoms with Crippen molar-refractivity contribution >= 4 is 0 Å². The summed E-state index contributed by atoms with van der Waals surface area (Å²) in [6.45, 7) is 9.50. The number of rotatable bonds is 11. The highest BCUT2D eigenvalue weighted by Gasteiger charge is 2.24. The fourth-order valence-corrected chi connectivity index (χ4v) is 1.40. The average Bonchev–Trinajstić information content (AvgIpc) is 2.37. The zero-order chi connectivity index (χ0) is 14.9. The molecule has 0 aliphatic carbocycles. The second kappa shape index (κ2) is 8.87. The molecule has 116 valence electrons. The molecule has 0 heterocycles. The summed E-state index contributed by atoms with van der Waals surface area (Å²) < 4.78 is 11.0. The van der Waals surface area contributed by atoms with Gasteiger partial charge in [0.1, 0.15) is 6.10 Å². The third-order valence-corrected chi connectivity index (χ3v) is 3.19. The third kappa shape index (κ3) is 8.55. The van der Waals surface area contributed by atoms with E-state index in [1.54, 1.807) is 0 Å². The summed E-state index contributed by atoms with van der Waals surface area (Å²) in [5, 5.41) is 27.1. The van der Waals surface area contributed by atoms with Crippen molar-refractivity contribution < 1.29 is 24.8 Å². The molecule has 0 saturated heterocycles. The Labute approximate surface area is 116 Å². The molecule has 0 radical (unpaired) electrons. The van der Waals surface area contributed by atoms with E-state index in [0.717, 1.165) is 6.42 Å². The summed E-state index contributed by atoms with van der Waals surface area (Å²) in [5.41, 5.74) is -0.358. The van der Waals surface area contributed by atoms with Gasteiger partial charge in [-0.15, -0.1) is 0 Å². The molecule has 0 fully saturated rings. The number of ether oxygens (including phenoxy) is 2. The molecule has 5 nitrogen and oxygen atoms in total. The average molecular weight is 278 g/mol. The van der Waals surface area contributed by atoms with E-state index in [2.05, 4.69) is 0 Å². The maximum absolute atomic E-state index is 9.29. The summed E-state index contributed by atoms with van der Waals surface area (Å²) >= 11 is 0. The highest BCUT2D eigenvalue weighted by molar-refractivity contribution is 4.73. The van der Waals surface area contributed by atoms with Gasteiger partial charge in [0.05, 0.1) is 39.6 Å². The van der Waals surface area contributed by atoms with Crippen LogP contribution in [0.25, 0.3) is 0 Å². The number of aliphatic hydroxyl groups excluding tert-OH is 3. The molecule has 2 atom stereocenters. The van der Waals surface area contributed by atoms with Crippen molar-refractivity contribution in [3.63, 3.8) is 0 Å². The van der Waals surface area contributed by atoms with Crippen LogP contribution in [0.1, 0.15) is 34.1 Å². The Kier molecular flexibility index (Phi) is 8.78. The van der Waals surface area contributed by atoms with Gasteiger partial charge in [0, 0.05) is 10.8 Å². The minimum absolute atomic E-state index is 0.114. The zero-order valence-electron chi connectivity index (χ0n) is 12.7. The molecule has 0 aromatic rings. The molecule has 0 aromatic carbocycles. The van der Waals surface area contributed by atoms with E-state index in [4.69, 9.17) is 19.7 Å². The molecular formula is C14H30O5. The smallest absolute Gasteiger partial charge is 0.100 e. The molecule has 0 aliphatic rings. The Hall–Kier alpha value is -0.200. The Morgan fingerprint density at radius 2 is 1.58 bits per heavy atom. The van der Waals surface area contributed by atoms with Crippen molar-refractivity contribution in [3.05, 3.63) is 0 Å². The van der Waals surface area contributed by atoms with Gasteiger partial charge >= 0.3 is 0 Å². The summed E-state index contributed by atoms with van der Waals surface area (Å²) in [7, 11) is 0. The standard InChI is InChI=1S/C14H30O5/c1-5-14(4,8-16)11-19-10-13(2,3)9-18-7-12(17)6-15/h12,15-17H,5-11H2,1-4H3. The fraction of sp³-hybridized carbons (Fsp3) is 1.00. The summed E-state index contributed by atoms with van der Waals surface area (Å²) in [5.74, 6) is 0. The van der Waals surface area contributed by atoms with Gasteiger partial charge in [-0.1, -0.05) is 27.7 Å². The van der Waals surface area contributed by atoms with Gasteiger partial charge in [-0.05, 0) is 6.42 Å². The van der Waals surface area contributed by atoms with Gasteiger partial charge in [-0.3, -0.25) is 0 Å². The molecule has 3 N–H and O–H groups in total. The van der Waals surface area contributed by atoms with Gasteiger partial charge in [0.15, 0.2) is 0 Å². The monoisotopic (exact) mass is 278 g/mol. The number of hydrogen-bond acceptors (Lipinski definition) is 5. The van der Waals surface area contributed by atoms with E-state index < -0.39 is 6.10 Å². The van der Waals surface area contributed by atoms with Crippen molar-refractivity contribution in [2.24, 2.45) is 10.8 Å². The van der Waals surface area contributed by atoms with Crippen molar-refractivity contribution in [2.45, 2.75) is 40.2 Å². The fourth-order valence-electron chi connectivity index (χ4n) is 1.40. The van der Waals surface area contributed by atoms with Gasteiger partial charge in [-0.25, -0.2) is 0 Å². The van der Waals surface area contributed by atoms with Crippen LogP contribution in [0.2, 0.25) is 0 Å². The molecule has 5 heteroatoms. The van der Waals surface area contributed by atoms with Crippen LogP contribution in [0.15, 0.2) is 0 Å². The van der Waals surface area contributed by atoms with Crippen LogP contribution >= 0.6 is 0 Å². The van der Waals surface area contributed by atoms with Crippen molar-refractivity contribution in [1.29, 1.82) is 0 Å². The third-order valence-electron chi connectivity index (χ3n) is 3.19. The van der Waals surface area contributed by atoms with E-state index in [1.165, 1.54) is 0 Å². The van der Waals surface area contributed by atoms with Crippen LogP contribution in [0.4, 0.5) is 0 Å². The largest absolute Gasteiger partial charge is 0.396 e. The maximum Gasteiger partial charge on any atom is 0.100 e. The van der Waals surface area contributed by atoms with Gasteiger partial charge < -0.3 is 24.8 Å².